The molecule has 1 unspecified atom stereocenters. The monoisotopic (exact) mass is 332 g/mol. The molecule has 0 fully saturated rings. The van der Waals surface area contributed by atoms with E-state index in [-0.39, 0.29) is 5.85 Å². The summed E-state index contributed by atoms with van der Waals surface area (Å²) in [6.45, 7) is 8.51. The third kappa shape index (κ3) is 3.78. The first-order chi connectivity index (χ1) is 10.4. The van der Waals surface area contributed by atoms with Crippen LogP contribution in [0.3, 0.4) is 0 Å². The van der Waals surface area contributed by atoms with Gasteiger partial charge in [-0.2, -0.15) is 0 Å². The predicted molar refractivity (Wildman–Crippen MR) is 98.3 cm³/mol. The standard InChI is InChI=1S/C18H25O2PSi/c1-5-18(20-22(2,3)4)21(19,16-12-8-6-9-13-16)17-14-10-7-11-15-17/h6-15,18H,5H2,1-4H3. The van der Waals surface area contributed by atoms with Crippen molar-refractivity contribution in [3.05, 3.63) is 60.7 Å². The van der Waals surface area contributed by atoms with Crippen molar-refractivity contribution in [1.29, 1.82) is 0 Å². The van der Waals surface area contributed by atoms with Crippen molar-refractivity contribution < 1.29 is 8.99 Å². The molecule has 2 aromatic carbocycles. The second-order valence-electron chi connectivity index (χ2n) is 6.42. The number of hydrogen-bond acceptors (Lipinski definition) is 2. The molecule has 2 nitrogen and oxygen atoms in total. The molecular weight excluding hydrogens is 307 g/mol. The molecule has 0 N–H and O–H groups in total. The number of hydrogen-bond donors (Lipinski definition) is 0. The van der Waals surface area contributed by atoms with Crippen LogP contribution >= 0.6 is 7.14 Å². The first-order valence-electron chi connectivity index (χ1n) is 7.76. The molecule has 22 heavy (non-hydrogen) atoms. The van der Waals surface area contributed by atoms with Crippen molar-refractivity contribution in [2.75, 3.05) is 0 Å². The molecule has 0 amide bonds. The molecule has 0 spiro atoms. The summed E-state index contributed by atoms with van der Waals surface area (Å²) in [6.07, 6.45) is 0.741. The minimum atomic E-state index is -2.82. The van der Waals surface area contributed by atoms with Gasteiger partial charge in [0.2, 0.25) is 0 Å². The van der Waals surface area contributed by atoms with Crippen LogP contribution in [0.1, 0.15) is 13.3 Å². The maximum atomic E-state index is 14.1. The first-order valence-corrected chi connectivity index (χ1v) is 12.9. The summed E-state index contributed by atoms with van der Waals surface area (Å²) in [4.78, 5) is 0. The summed E-state index contributed by atoms with van der Waals surface area (Å²) in [7, 11) is -4.61. The quantitative estimate of drug-likeness (QED) is 0.571. The fraction of sp³-hybridized carbons (Fsp3) is 0.333. The van der Waals surface area contributed by atoms with Crippen molar-refractivity contribution in [1.82, 2.24) is 0 Å². The summed E-state index contributed by atoms with van der Waals surface area (Å²) < 4.78 is 20.5. The molecule has 0 bridgehead atoms. The minimum Gasteiger partial charge on any atom is -0.407 e. The summed E-state index contributed by atoms with van der Waals surface area (Å²) in [6, 6.07) is 19.6. The Labute approximate surface area is 135 Å². The van der Waals surface area contributed by atoms with Crippen LogP contribution in [0.2, 0.25) is 19.6 Å². The van der Waals surface area contributed by atoms with Crippen LogP contribution in [-0.2, 0) is 8.99 Å². The van der Waals surface area contributed by atoms with Gasteiger partial charge in [-0.05, 0) is 26.1 Å². The zero-order valence-corrected chi connectivity index (χ0v) is 15.7. The number of rotatable bonds is 6. The second-order valence-corrected chi connectivity index (χ2v) is 13.8. The summed E-state index contributed by atoms with van der Waals surface area (Å²) in [5.74, 6) is -0.260. The van der Waals surface area contributed by atoms with Gasteiger partial charge in [-0.25, -0.2) is 0 Å². The van der Waals surface area contributed by atoms with Crippen molar-refractivity contribution in [2.24, 2.45) is 0 Å². The third-order valence-corrected chi connectivity index (χ3v) is 8.13. The molecule has 0 saturated carbocycles. The molecule has 0 aliphatic rings. The zero-order valence-electron chi connectivity index (χ0n) is 13.8. The average molecular weight is 332 g/mol. The second kappa shape index (κ2) is 6.95. The molecule has 2 aromatic rings. The zero-order chi connectivity index (χ0) is 16.2. The average Bonchev–Trinajstić information content (AvgIpc) is 2.52. The highest BCUT2D eigenvalue weighted by Gasteiger charge is 2.38. The van der Waals surface area contributed by atoms with E-state index in [4.69, 9.17) is 4.43 Å². The van der Waals surface area contributed by atoms with E-state index in [9.17, 15) is 4.57 Å². The molecule has 0 heterocycles. The van der Waals surface area contributed by atoms with E-state index in [0.29, 0.717) is 0 Å². The Morgan fingerprint density at radius 3 is 1.64 bits per heavy atom. The van der Waals surface area contributed by atoms with E-state index in [1.165, 1.54) is 0 Å². The van der Waals surface area contributed by atoms with Gasteiger partial charge < -0.3 is 8.99 Å². The van der Waals surface area contributed by atoms with E-state index in [1.54, 1.807) is 0 Å². The van der Waals surface area contributed by atoms with Crippen molar-refractivity contribution >= 4 is 26.1 Å². The van der Waals surface area contributed by atoms with E-state index in [2.05, 4.69) is 26.6 Å². The lowest BCUT2D eigenvalue weighted by molar-refractivity contribution is 0.264. The summed E-state index contributed by atoms with van der Waals surface area (Å²) in [5, 5.41) is 1.76. The molecule has 0 aliphatic carbocycles. The van der Waals surface area contributed by atoms with E-state index in [1.807, 2.05) is 60.7 Å². The van der Waals surface area contributed by atoms with Gasteiger partial charge >= 0.3 is 0 Å². The first kappa shape index (κ1) is 17.2. The Morgan fingerprint density at radius 1 is 0.909 bits per heavy atom. The molecule has 0 radical (unpaired) electrons. The molecule has 0 aliphatic heterocycles. The molecular formula is C18H25O2PSi. The molecule has 0 aromatic heterocycles. The van der Waals surface area contributed by atoms with Crippen molar-refractivity contribution in [3.8, 4) is 0 Å². The van der Waals surface area contributed by atoms with Gasteiger partial charge in [0.25, 0.3) is 0 Å². The van der Waals surface area contributed by atoms with Crippen LogP contribution in [0.15, 0.2) is 60.7 Å². The lowest BCUT2D eigenvalue weighted by Crippen LogP contribution is -2.36. The van der Waals surface area contributed by atoms with Gasteiger partial charge in [0.15, 0.2) is 15.5 Å². The van der Waals surface area contributed by atoms with Gasteiger partial charge in [0.1, 0.15) is 5.85 Å². The maximum absolute atomic E-state index is 14.1. The van der Waals surface area contributed by atoms with Gasteiger partial charge in [0.05, 0.1) is 0 Å². The molecule has 1 atom stereocenters. The Bertz CT molecular complexity index is 592. The highest BCUT2D eigenvalue weighted by molar-refractivity contribution is 7.79. The van der Waals surface area contributed by atoms with E-state index >= 15 is 0 Å². The number of benzene rings is 2. The smallest absolute Gasteiger partial charge is 0.184 e. The molecule has 0 saturated heterocycles. The Balaban J connectivity index is 2.58. The fourth-order valence-corrected chi connectivity index (χ4v) is 7.84. The van der Waals surface area contributed by atoms with Gasteiger partial charge in [-0.15, -0.1) is 0 Å². The lowest BCUT2D eigenvalue weighted by atomic mass is 10.4. The Morgan fingerprint density at radius 2 is 1.32 bits per heavy atom. The summed E-state index contributed by atoms with van der Waals surface area (Å²) in [5.41, 5.74) is 0. The SMILES string of the molecule is CCC(O[Si](C)(C)C)P(=O)(c1ccccc1)c1ccccc1. The van der Waals surface area contributed by atoms with Crippen LogP contribution in [0.25, 0.3) is 0 Å². The van der Waals surface area contributed by atoms with E-state index < -0.39 is 15.5 Å². The van der Waals surface area contributed by atoms with E-state index in [0.717, 1.165) is 17.0 Å². The Hall–Kier alpha value is -1.15. The molecule has 118 valence electrons. The minimum absolute atomic E-state index is 0.260. The predicted octanol–water partition coefficient (Wildman–Crippen LogP) is 4.59. The van der Waals surface area contributed by atoms with Crippen LogP contribution < -0.4 is 10.6 Å². The highest BCUT2D eigenvalue weighted by Crippen LogP contribution is 2.51. The van der Waals surface area contributed by atoms with Crippen LogP contribution in [0.4, 0.5) is 0 Å². The van der Waals surface area contributed by atoms with Crippen LogP contribution in [0, 0.1) is 0 Å². The maximum Gasteiger partial charge on any atom is 0.184 e. The summed E-state index contributed by atoms with van der Waals surface area (Å²) >= 11 is 0. The van der Waals surface area contributed by atoms with Crippen LogP contribution in [0.5, 0.6) is 0 Å². The largest absolute Gasteiger partial charge is 0.407 e. The van der Waals surface area contributed by atoms with Crippen molar-refractivity contribution in [2.45, 2.75) is 38.8 Å². The topological polar surface area (TPSA) is 26.3 Å². The van der Waals surface area contributed by atoms with Gasteiger partial charge in [-0.3, -0.25) is 0 Å². The van der Waals surface area contributed by atoms with Gasteiger partial charge in [0, 0.05) is 10.6 Å². The fourth-order valence-electron chi connectivity index (χ4n) is 2.60. The van der Waals surface area contributed by atoms with Gasteiger partial charge in [-0.1, -0.05) is 67.6 Å². The normalized spacial score (nSPS) is 13.8. The highest BCUT2D eigenvalue weighted by atomic mass is 31.2. The van der Waals surface area contributed by atoms with Crippen LogP contribution in [-0.4, -0.2) is 14.2 Å². The lowest BCUT2D eigenvalue weighted by Gasteiger charge is -2.33. The Kier molecular flexibility index (Phi) is 5.44. The molecule has 4 heteroatoms. The van der Waals surface area contributed by atoms with Crippen molar-refractivity contribution in [3.63, 3.8) is 0 Å². The molecule has 2 rings (SSSR count). The third-order valence-electron chi connectivity index (χ3n) is 3.52.